The van der Waals surface area contributed by atoms with E-state index in [1.54, 1.807) is 6.08 Å². The molecule has 0 amide bonds. The van der Waals surface area contributed by atoms with Gasteiger partial charge < -0.3 is 9.16 Å². The molecular weight excluding hydrogens is 320 g/mol. The van der Waals surface area contributed by atoms with E-state index in [-0.39, 0.29) is 24.1 Å². The minimum absolute atomic E-state index is 0.0620. The highest BCUT2D eigenvalue weighted by atomic mass is 28.4. The molecule has 0 aromatic carbocycles. The van der Waals surface area contributed by atoms with Crippen molar-refractivity contribution in [1.82, 2.24) is 0 Å². The van der Waals surface area contributed by atoms with Crippen molar-refractivity contribution in [3.63, 3.8) is 0 Å². The minimum atomic E-state index is -2.09. The number of allylic oxidation sites excluding steroid dienone is 3. The second kappa shape index (κ2) is 6.60. The van der Waals surface area contributed by atoms with Crippen molar-refractivity contribution in [3.8, 4) is 0 Å². The molecule has 0 saturated carbocycles. The van der Waals surface area contributed by atoms with Crippen molar-refractivity contribution in [3.05, 3.63) is 24.3 Å². The monoisotopic (exact) mass is 350 g/mol. The van der Waals surface area contributed by atoms with Crippen molar-refractivity contribution in [2.24, 2.45) is 5.92 Å². The Labute approximate surface area is 146 Å². The zero-order chi connectivity index (χ0) is 18.2. The third-order valence-corrected chi connectivity index (χ3v) is 10.6. The summed E-state index contributed by atoms with van der Waals surface area (Å²) in [5.74, 6) is -0.597. The molecule has 1 aliphatic carbocycles. The van der Waals surface area contributed by atoms with E-state index in [9.17, 15) is 9.59 Å². The second-order valence-electron chi connectivity index (χ2n) is 7.48. The van der Waals surface area contributed by atoms with Gasteiger partial charge >= 0.3 is 5.97 Å². The highest BCUT2D eigenvalue weighted by Gasteiger charge is 2.64. The van der Waals surface area contributed by atoms with Gasteiger partial charge in [0.1, 0.15) is 5.60 Å². The summed E-state index contributed by atoms with van der Waals surface area (Å²) in [4.78, 5) is 25.6. The first-order valence-corrected chi connectivity index (χ1v) is 11.5. The van der Waals surface area contributed by atoms with Crippen molar-refractivity contribution < 1.29 is 18.8 Å². The van der Waals surface area contributed by atoms with Crippen molar-refractivity contribution in [2.45, 2.75) is 76.8 Å². The molecule has 0 unspecified atom stereocenters. The molecule has 0 aromatic heterocycles. The molecule has 1 fully saturated rings. The van der Waals surface area contributed by atoms with Crippen LogP contribution in [0.3, 0.4) is 0 Å². The molecule has 2 atom stereocenters. The largest absolute Gasteiger partial charge is 0.457 e. The van der Waals surface area contributed by atoms with E-state index in [4.69, 9.17) is 9.16 Å². The van der Waals surface area contributed by atoms with Gasteiger partial charge in [-0.05, 0) is 38.4 Å². The van der Waals surface area contributed by atoms with Crippen LogP contribution in [0.4, 0.5) is 0 Å². The fourth-order valence-corrected chi connectivity index (χ4v) is 7.17. The number of hydrogen-bond acceptors (Lipinski definition) is 4. The number of ketones is 1. The van der Waals surface area contributed by atoms with Gasteiger partial charge in [0.05, 0.1) is 6.42 Å². The SMILES string of the molecule is C=CC1=CC[C@H]2C(C)(C)OC(=O)[C@@]2(O[Si](CC)(CC)CC)CC1=O. The van der Waals surface area contributed by atoms with Crippen LogP contribution in [0.1, 0.15) is 47.5 Å². The summed E-state index contributed by atoms with van der Waals surface area (Å²) >= 11 is 0. The number of Topliss-reactive ketones (excluding diaryl/α,β-unsaturated/α-hetero) is 1. The normalized spacial score (nSPS) is 29.5. The van der Waals surface area contributed by atoms with Gasteiger partial charge in [-0.3, -0.25) is 4.79 Å². The molecular formula is C19H30O4Si. The van der Waals surface area contributed by atoms with Gasteiger partial charge in [0.15, 0.2) is 19.7 Å². The first kappa shape index (κ1) is 19.1. The summed E-state index contributed by atoms with van der Waals surface area (Å²) in [5.41, 5.74) is -1.19. The summed E-state index contributed by atoms with van der Waals surface area (Å²) < 4.78 is 12.4. The first-order chi connectivity index (χ1) is 11.2. The van der Waals surface area contributed by atoms with Crippen LogP contribution in [0.15, 0.2) is 24.3 Å². The Balaban J connectivity index is 2.54. The highest BCUT2D eigenvalue weighted by molar-refractivity contribution is 6.73. The van der Waals surface area contributed by atoms with Crippen molar-refractivity contribution >= 4 is 20.1 Å². The van der Waals surface area contributed by atoms with Gasteiger partial charge in [-0.15, -0.1) is 0 Å². The van der Waals surface area contributed by atoms with E-state index in [1.165, 1.54) is 0 Å². The number of carbonyl (C=O) groups excluding carboxylic acids is 2. The van der Waals surface area contributed by atoms with Crippen LogP contribution < -0.4 is 0 Å². The smallest absolute Gasteiger partial charge is 0.338 e. The number of carbonyl (C=O) groups is 2. The summed E-state index contributed by atoms with van der Waals surface area (Å²) in [5, 5.41) is 0. The lowest BCUT2D eigenvalue weighted by atomic mass is 9.76. The summed E-state index contributed by atoms with van der Waals surface area (Å²) in [7, 11) is -2.09. The van der Waals surface area contributed by atoms with Crippen LogP contribution in [-0.2, 0) is 18.8 Å². The average Bonchev–Trinajstić information content (AvgIpc) is 2.65. The predicted molar refractivity (Wildman–Crippen MR) is 97.2 cm³/mol. The van der Waals surface area contributed by atoms with Gasteiger partial charge in [-0.25, -0.2) is 4.79 Å². The highest BCUT2D eigenvalue weighted by Crippen LogP contribution is 2.50. The molecule has 0 spiro atoms. The third kappa shape index (κ3) is 2.92. The first-order valence-electron chi connectivity index (χ1n) is 8.99. The Bertz CT molecular complexity index is 566. The molecule has 1 heterocycles. The van der Waals surface area contributed by atoms with Gasteiger partial charge in [0.25, 0.3) is 0 Å². The van der Waals surface area contributed by atoms with Crippen LogP contribution in [-0.4, -0.2) is 31.3 Å². The Morgan fingerprint density at radius 1 is 1.29 bits per heavy atom. The molecule has 0 aromatic rings. The Morgan fingerprint density at radius 2 is 1.88 bits per heavy atom. The molecule has 134 valence electrons. The summed E-state index contributed by atoms with van der Waals surface area (Å²) in [6, 6.07) is 2.79. The maximum Gasteiger partial charge on any atom is 0.338 e. The van der Waals surface area contributed by atoms with Crippen LogP contribution in [0, 0.1) is 5.92 Å². The zero-order valence-electron chi connectivity index (χ0n) is 15.6. The molecule has 0 radical (unpaired) electrons. The summed E-state index contributed by atoms with van der Waals surface area (Å²) in [6.45, 7) is 14.0. The van der Waals surface area contributed by atoms with Gasteiger partial charge in [0, 0.05) is 11.5 Å². The number of rotatable bonds is 6. The van der Waals surface area contributed by atoms with Crippen LogP contribution >= 0.6 is 0 Å². The van der Waals surface area contributed by atoms with E-state index in [1.807, 2.05) is 19.9 Å². The van der Waals surface area contributed by atoms with Crippen molar-refractivity contribution in [1.29, 1.82) is 0 Å². The van der Waals surface area contributed by atoms with E-state index in [0.717, 1.165) is 18.1 Å². The second-order valence-corrected chi connectivity index (χ2v) is 12.2. The summed E-state index contributed by atoms with van der Waals surface area (Å²) in [6.07, 6.45) is 4.13. The fourth-order valence-electron chi connectivity index (χ4n) is 4.17. The minimum Gasteiger partial charge on any atom is -0.457 e. The molecule has 1 saturated heterocycles. The number of fused-ring (bicyclic) bond motifs is 1. The van der Waals surface area contributed by atoms with Crippen LogP contribution in [0.5, 0.6) is 0 Å². The van der Waals surface area contributed by atoms with Gasteiger partial charge in [-0.1, -0.05) is 39.5 Å². The zero-order valence-corrected chi connectivity index (χ0v) is 16.6. The standard InChI is InChI=1S/C19H30O4Si/c1-7-14-11-12-16-18(5,6)22-17(21)19(16,13-15(14)20)23-24(8-2,9-3)10-4/h7,11,16H,1,8-10,12-13H2,2-6H3/t16-,19+/m0/s1. The number of cyclic esters (lactones) is 1. The van der Waals surface area contributed by atoms with Crippen molar-refractivity contribution in [2.75, 3.05) is 0 Å². The lowest BCUT2D eigenvalue weighted by molar-refractivity contribution is -0.158. The predicted octanol–water partition coefficient (Wildman–Crippen LogP) is 4.17. The third-order valence-electron chi connectivity index (χ3n) is 5.97. The molecule has 2 rings (SSSR count). The van der Waals surface area contributed by atoms with Gasteiger partial charge in [0.2, 0.25) is 0 Å². The van der Waals surface area contributed by atoms with E-state index >= 15 is 0 Å². The molecule has 24 heavy (non-hydrogen) atoms. The number of ether oxygens (including phenoxy) is 1. The maximum atomic E-state index is 12.9. The van der Waals surface area contributed by atoms with E-state index in [0.29, 0.717) is 12.0 Å². The molecule has 0 bridgehead atoms. The fraction of sp³-hybridized carbons (Fsp3) is 0.684. The van der Waals surface area contributed by atoms with E-state index in [2.05, 4.69) is 27.4 Å². The Morgan fingerprint density at radius 3 is 2.38 bits per heavy atom. The molecule has 1 aliphatic heterocycles. The average molecular weight is 351 g/mol. The van der Waals surface area contributed by atoms with Crippen LogP contribution in [0.2, 0.25) is 18.1 Å². The Hall–Kier alpha value is -1.20. The molecule has 0 N–H and O–H groups in total. The molecule has 5 heteroatoms. The molecule has 2 aliphatic rings. The quantitative estimate of drug-likeness (QED) is 0.533. The molecule has 4 nitrogen and oxygen atoms in total. The van der Waals surface area contributed by atoms with Crippen LogP contribution in [0.25, 0.3) is 0 Å². The lowest BCUT2D eigenvalue weighted by Crippen LogP contribution is -2.55. The maximum absolute atomic E-state index is 12.9. The van der Waals surface area contributed by atoms with Gasteiger partial charge in [-0.2, -0.15) is 0 Å². The van der Waals surface area contributed by atoms with E-state index < -0.39 is 19.5 Å². The lowest BCUT2D eigenvalue weighted by Gasteiger charge is -2.41. The topological polar surface area (TPSA) is 52.6 Å². The Kier molecular flexibility index (Phi) is 5.26. The number of esters is 1. The number of hydrogen-bond donors (Lipinski definition) is 0.